The van der Waals surface area contributed by atoms with Crippen molar-refractivity contribution in [3.05, 3.63) is 62.6 Å². The van der Waals surface area contributed by atoms with Crippen molar-refractivity contribution in [2.75, 3.05) is 14.2 Å². The van der Waals surface area contributed by atoms with Gasteiger partial charge in [0.25, 0.3) is 0 Å². The van der Waals surface area contributed by atoms with Crippen LogP contribution in [0, 0.1) is 6.92 Å². The molecular formula is C17H19BrClNO. The molecule has 0 aliphatic rings. The molecule has 0 fully saturated rings. The van der Waals surface area contributed by atoms with Crippen LogP contribution in [0.2, 0.25) is 5.02 Å². The van der Waals surface area contributed by atoms with Crippen LogP contribution in [0.15, 0.2) is 40.9 Å². The number of methoxy groups -OCH3 is 1. The van der Waals surface area contributed by atoms with Gasteiger partial charge in [0.1, 0.15) is 5.75 Å². The number of rotatable bonds is 5. The number of hydrogen-bond donors (Lipinski definition) is 1. The zero-order valence-electron chi connectivity index (χ0n) is 12.4. The molecule has 2 nitrogen and oxygen atoms in total. The van der Waals surface area contributed by atoms with Crippen LogP contribution in [-0.2, 0) is 6.42 Å². The summed E-state index contributed by atoms with van der Waals surface area (Å²) >= 11 is 9.91. The molecule has 0 spiro atoms. The van der Waals surface area contributed by atoms with Crippen molar-refractivity contribution in [1.29, 1.82) is 0 Å². The number of ether oxygens (including phenoxy) is 1. The minimum atomic E-state index is 0.179. The van der Waals surface area contributed by atoms with Crippen LogP contribution in [0.4, 0.5) is 0 Å². The molecule has 0 aromatic heterocycles. The van der Waals surface area contributed by atoms with E-state index in [2.05, 4.69) is 45.5 Å². The largest absolute Gasteiger partial charge is 0.496 e. The highest BCUT2D eigenvalue weighted by Crippen LogP contribution is 2.30. The number of likely N-dealkylation sites (N-methyl/N-ethyl adjacent to an activating group) is 1. The zero-order valence-corrected chi connectivity index (χ0v) is 14.8. The number of benzene rings is 2. The highest BCUT2D eigenvalue weighted by Gasteiger charge is 2.14. The molecular weight excluding hydrogens is 350 g/mol. The summed E-state index contributed by atoms with van der Waals surface area (Å²) in [6.07, 6.45) is 0.863. The van der Waals surface area contributed by atoms with Gasteiger partial charge in [0.05, 0.1) is 11.6 Å². The van der Waals surface area contributed by atoms with Gasteiger partial charge < -0.3 is 10.1 Å². The minimum absolute atomic E-state index is 0.179. The lowest BCUT2D eigenvalue weighted by molar-refractivity contribution is 0.412. The van der Waals surface area contributed by atoms with E-state index in [1.54, 1.807) is 7.11 Å². The lowest BCUT2D eigenvalue weighted by Gasteiger charge is -2.19. The fourth-order valence-electron chi connectivity index (χ4n) is 2.35. The number of halogens is 2. The standard InChI is InChI=1S/C17H19BrClNO/c1-11-4-6-13(15(19)8-11)16(20-2)10-12-5-7-17(21-3)14(18)9-12/h4-9,16,20H,10H2,1-3H3. The topological polar surface area (TPSA) is 21.3 Å². The molecule has 1 unspecified atom stereocenters. The summed E-state index contributed by atoms with van der Waals surface area (Å²) in [5.41, 5.74) is 3.51. The molecule has 1 atom stereocenters. The second kappa shape index (κ2) is 7.30. The highest BCUT2D eigenvalue weighted by molar-refractivity contribution is 9.10. The van der Waals surface area contributed by atoms with Gasteiger partial charge in [-0.05, 0) is 71.2 Å². The Hall–Kier alpha value is -1.03. The van der Waals surface area contributed by atoms with Crippen molar-refractivity contribution in [2.45, 2.75) is 19.4 Å². The average molecular weight is 369 g/mol. The van der Waals surface area contributed by atoms with E-state index in [9.17, 15) is 0 Å². The smallest absolute Gasteiger partial charge is 0.133 e. The Morgan fingerprint density at radius 2 is 2.00 bits per heavy atom. The van der Waals surface area contributed by atoms with Gasteiger partial charge in [-0.25, -0.2) is 0 Å². The van der Waals surface area contributed by atoms with Gasteiger partial charge in [-0.1, -0.05) is 29.8 Å². The van der Waals surface area contributed by atoms with Gasteiger partial charge in [-0.2, -0.15) is 0 Å². The summed E-state index contributed by atoms with van der Waals surface area (Å²) < 4.78 is 6.23. The summed E-state index contributed by atoms with van der Waals surface area (Å²) in [5, 5.41) is 4.15. The zero-order chi connectivity index (χ0) is 15.4. The summed E-state index contributed by atoms with van der Waals surface area (Å²) in [6.45, 7) is 2.05. The first-order valence-corrected chi connectivity index (χ1v) is 7.98. The van der Waals surface area contributed by atoms with E-state index >= 15 is 0 Å². The summed E-state index contributed by atoms with van der Waals surface area (Å²) in [4.78, 5) is 0. The monoisotopic (exact) mass is 367 g/mol. The maximum absolute atomic E-state index is 6.38. The van der Waals surface area contributed by atoms with E-state index in [-0.39, 0.29) is 6.04 Å². The summed E-state index contributed by atoms with van der Waals surface area (Å²) in [5.74, 6) is 0.841. The molecule has 0 heterocycles. The number of aryl methyl sites for hydroxylation is 1. The molecule has 0 amide bonds. The summed E-state index contributed by atoms with van der Waals surface area (Å²) in [7, 11) is 3.63. The van der Waals surface area contributed by atoms with Gasteiger partial charge in [0.15, 0.2) is 0 Å². The van der Waals surface area contributed by atoms with Crippen LogP contribution in [-0.4, -0.2) is 14.2 Å². The molecule has 0 aliphatic heterocycles. The Kier molecular flexibility index (Phi) is 5.68. The number of nitrogens with one attached hydrogen (secondary N) is 1. The predicted octanol–water partition coefficient (Wildman–Crippen LogP) is 4.92. The first-order chi connectivity index (χ1) is 10.0. The molecule has 1 N–H and O–H groups in total. The van der Waals surface area contributed by atoms with Crippen LogP contribution in [0.1, 0.15) is 22.7 Å². The van der Waals surface area contributed by atoms with Crippen LogP contribution in [0.5, 0.6) is 5.75 Å². The quantitative estimate of drug-likeness (QED) is 0.808. The first-order valence-electron chi connectivity index (χ1n) is 6.81. The molecule has 2 aromatic rings. The van der Waals surface area contributed by atoms with E-state index in [1.165, 1.54) is 11.1 Å². The van der Waals surface area contributed by atoms with E-state index in [4.69, 9.17) is 16.3 Å². The van der Waals surface area contributed by atoms with Crippen molar-refractivity contribution in [3.63, 3.8) is 0 Å². The molecule has 2 aromatic carbocycles. The second-order valence-corrected chi connectivity index (χ2v) is 6.30. The Morgan fingerprint density at radius 3 is 2.57 bits per heavy atom. The third kappa shape index (κ3) is 4.00. The van der Waals surface area contributed by atoms with Crippen LogP contribution in [0.3, 0.4) is 0 Å². The normalized spacial score (nSPS) is 12.2. The van der Waals surface area contributed by atoms with E-state index in [0.717, 1.165) is 27.2 Å². The van der Waals surface area contributed by atoms with Gasteiger partial charge >= 0.3 is 0 Å². The van der Waals surface area contributed by atoms with Gasteiger partial charge in [-0.3, -0.25) is 0 Å². The Morgan fingerprint density at radius 1 is 1.24 bits per heavy atom. The van der Waals surface area contributed by atoms with Gasteiger partial charge in [-0.15, -0.1) is 0 Å². The van der Waals surface area contributed by atoms with E-state index in [1.807, 2.05) is 26.1 Å². The van der Waals surface area contributed by atoms with Gasteiger partial charge in [0.2, 0.25) is 0 Å². The average Bonchev–Trinajstić information content (AvgIpc) is 2.45. The Balaban J connectivity index is 2.24. The van der Waals surface area contributed by atoms with Crippen LogP contribution in [0.25, 0.3) is 0 Å². The molecule has 112 valence electrons. The molecule has 0 bridgehead atoms. The van der Waals surface area contributed by atoms with Crippen LogP contribution < -0.4 is 10.1 Å². The van der Waals surface area contributed by atoms with E-state index < -0.39 is 0 Å². The molecule has 0 saturated carbocycles. The SMILES string of the molecule is CNC(Cc1ccc(OC)c(Br)c1)c1ccc(C)cc1Cl. The van der Waals surface area contributed by atoms with Crippen molar-refractivity contribution >= 4 is 27.5 Å². The maximum Gasteiger partial charge on any atom is 0.133 e. The lowest BCUT2D eigenvalue weighted by atomic mass is 9.98. The molecule has 0 radical (unpaired) electrons. The Bertz CT molecular complexity index is 630. The summed E-state index contributed by atoms with van der Waals surface area (Å²) in [6, 6.07) is 12.5. The van der Waals surface area contributed by atoms with Gasteiger partial charge in [0, 0.05) is 11.1 Å². The molecule has 0 aliphatic carbocycles. The number of hydrogen-bond acceptors (Lipinski definition) is 2. The van der Waals surface area contributed by atoms with Crippen molar-refractivity contribution < 1.29 is 4.74 Å². The Labute approximate surface area is 139 Å². The fraction of sp³-hybridized carbons (Fsp3) is 0.294. The highest BCUT2D eigenvalue weighted by atomic mass is 79.9. The minimum Gasteiger partial charge on any atom is -0.496 e. The maximum atomic E-state index is 6.38. The molecule has 4 heteroatoms. The molecule has 21 heavy (non-hydrogen) atoms. The van der Waals surface area contributed by atoms with E-state index in [0.29, 0.717) is 0 Å². The van der Waals surface area contributed by atoms with Crippen molar-refractivity contribution in [1.82, 2.24) is 5.32 Å². The molecule has 0 saturated heterocycles. The predicted molar refractivity (Wildman–Crippen MR) is 92.4 cm³/mol. The van der Waals surface area contributed by atoms with Crippen molar-refractivity contribution in [2.24, 2.45) is 0 Å². The third-order valence-corrected chi connectivity index (χ3v) is 4.48. The molecule has 2 rings (SSSR count). The fourth-order valence-corrected chi connectivity index (χ4v) is 3.31. The first kappa shape index (κ1) is 16.3. The second-order valence-electron chi connectivity index (χ2n) is 5.04. The third-order valence-electron chi connectivity index (χ3n) is 3.54. The lowest BCUT2D eigenvalue weighted by Crippen LogP contribution is -2.19. The van der Waals surface area contributed by atoms with Crippen LogP contribution >= 0.6 is 27.5 Å². The van der Waals surface area contributed by atoms with Crippen molar-refractivity contribution in [3.8, 4) is 5.75 Å².